The molecule has 1 fully saturated rings. The summed E-state index contributed by atoms with van der Waals surface area (Å²) in [7, 11) is 0. The Morgan fingerprint density at radius 1 is 1.27 bits per heavy atom. The van der Waals surface area contributed by atoms with E-state index in [0.717, 1.165) is 25.1 Å². The van der Waals surface area contributed by atoms with E-state index in [1.54, 1.807) is 0 Å². The highest BCUT2D eigenvalue weighted by molar-refractivity contribution is 5.90. The summed E-state index contributed by atoms with van der Waals surface area (Å²) in [5.41, 5.74) is 2.23. The molecule has 1 atom stereocenters. The van der Waals surface area contributed by atoms with Crippen molar-refractivity contribution in [3.8, 4) is 0 Å². The molecule has 1 aliphatic heterocycles. The fourth-order valence-electron chi connectivity index (χ4n) is 3.25. The van der Waals surface area contributed by atoms with Crippen LogP contribution in [-0.2, 0) is 11.3 Å². The first-order valence-corrected chi connectivity index (χ1v) is 8.78. The van der Waals surface area contributed by atoms with Crippen molar-refractivity contribution in [2.24, 2.45) is 5.92 Å². The molecule has 0 bridgehead atoms. The van der Waals surface area contributed by atoms with E-state index in [1.165, 1.54) is 37.9 Å². The standard InChI is InChI=1S/C19H30N2O/c1-3-8-16(2)13-19(22)20-18-10-7-9-17(14-18)15-21-11-5-4-6-12-21/h7,9-10,14,16H,3-6,8,11-13,15H2,1-2H3,(H,20,22). The molecular formula is C19H30N2O. The fourth-order valence-corrected chi connectivity index (χ4v) is 3.25. The molecule has 3 heteroatoms. The van der Waals surface area contributed by atoms with E-state index in [0.29, 0.717) is 12.3 Å². The van der Waals surface area contributed by atoms with E-state index in [4.69, 9.17) is 0 Å². The van der Waals surface area contributed by atoms with E-state index < -0.39 is 0 Å². The molecule has 2 rings (SSSR count). The Bertz CT molecular complexity index is 466. The molecule has 22 heavy (non-hydrogen) atoms. The Morgan fingerprint density at radius 3 is 2.77 bits per heavy atom. The van der Waals surface area contributed by atoms with Crippen LogP contribution in [0.3, 0.4) is 0 Å². The molecule has 1 N–H and O–H groups in total. The number of hydrogen-bond donors (Lipinski definition) is 1. The van der Waals surface area contributed by atoms with E-state index in [-0.39, 0.29) is 5.91 Å². The average molecular weight is 302 g/mol. The Kier molecular flexibility index (Phi) is 6.91. The molecule has 0 spiro atoms. The van der Waals surface area contributed by atoms with Crippen molar-refractivity contribution in [3.05, 3.63) is 29.8 Å². The van der Waals surface area contributed by atoms with Gasteiger partial charge in [-0.2, -0.15) is 0 Å². The number of benzene rings is 1. The molecule has 1 heterocycles. The van der Waals surface area contributed by atoms with Crippen molar-refractivity contribution in [2.45, 2.75) is 58.9 Å². The summed E-state index contributed by atoms with van der Waals surface area (Å²) in [5, 5.41) is 3.05. The van der Waals surface area contributed by atoms with Crippen molar-refractivity contribution in [3.63, 3.8) is 0 Å². The normalized spacial score (nSPS) is 17.2. The molecule has 0 aliphatic carbocycles. The zero-order valence-electron chi connectivity index (χ0n) is 14.1. The molecule has 0 aromatic heterocycles. The first kappa shape index (κ1) is 17.0. The summed E-state index contributed by atoms with van der Waals surface area (Å²) in [5.74, 6) is 0.595. The summed E-state index contributed by atoms with van der Waals surface area (Å²) in [6.45, 7) is 7.71. The number of anilines is 1. The lowest BCUT2D eigenvalue weighted by Crippen LogP contribution is -2.29. The Labute approximate surface area is 135 Å². The topological polar surface area (TPSA) is 32.3 Å². The minimum Gasteiger partial charge on any atom is -0.326 e. The van der Waals surface area contributed by atoms with Crippen LogP contribution in [0.1, 0.15) is 57.9 Å². The van der Waals surface area contributed by atoms with Crippen LogP contribution >= 0.6 is 0 Å². The third-order valence-corrected chi connectivity index (χ3v) is 4.38. The van der Waals surface area contributed by atoms with E-state index in [1.807, 2.05) is 12.1 Å². The number of carbonyl (C=O) groups excluding carboxylic acids is 1. The van der Waals surface area contributed by atoms with Crippen LogP contribution in [0.5, 0.6) is 0 Å². The van der Waals surface area contributed by atoms with Crippen molar-refractivity contribution < 1.29 is 4.79 Å². The zero-order valence-corrected chi connectivity index (χ0v) is 14.1. The van der Waals surface area contributed by atoms with Crippen LogP contribution < -0.4 is 5.32 Å². The monoisotopic (exact) mass is 302 g/mol. The van der Waals surface area contributed by atoms with Gasteiger partial charge < -0.3 is 5.32 Å². The maximum atomic E-state index is 12.1. The molecule has 3 nitrogen and oxygen atoms in total. The van der Waals surface area contributed by atoms with Gasteiger partial charge >= 0.3 is 0 Å². The van der Waals surface area contributed by atoms with Gasteiger partial charge in [0.25, 0.3) is 0 Å². The molecule has 122 valence electrons. The third kappa shape index (κ3) is 5.80. The van der Waals surface area contributed by atoms with Crippen molar-refractivity contribution in [1.82, 2.24) is 4.90 Å². The lowest BCUT2D eigenvalue weighted by atomic mass is 10.0. The second-order valence-electron chi connectivity index (χ2n) is 6.68. The highest BCUT2D eigenvalue weighted by Gasteiger charge is 2.12. The van der Waals surface area contributed by atoms with E-state index in [9.17, 15) is 4.79 Å². The quantitative estimate of drug-likeness (QED) is 0.807. The highest BCUT2D eigenvalue weighted by atomic mass is 16.1. The number of rotatable bonds is 7. The summed E-state index contributed by atoms with van der Waals surface area (Å²) in [6.07, 6.45) is 6.85. The molecule has 1 saturated heterocycles. The number of hydrogen-bond acceptors (Lipinski definition) is 2. The van der Waals surface area contributed by atoms with E-state index >= 15 is 0 Å². The van der Waals surface area contributed by atoms with Crippen LogP contribution in [-0.4, -0.2) is 23.9 Å². The maximum absolute atomic E-state index is 12.1. The van der Waals surface area contributed by atoms with Gasteiger partial charge in [0, 0.05) is 18.7 Å². The van der Waals surface area contributed by atoms with Crippen molar-refractivity contribution >= 4 is 11.6 Å². The highest BCUT2D eigenvalue weighted by Crippen LogP contribution is 2.17. The van der Waals surface area contributed by atoms with Gasteiger partial charge in [0.2, 0.25) is 5.91 Å². The van der Waals surface area contributed by atoms with Crippen molar-refractivity contribution in [1.29, 1.82) is 0 Å². The van der Waals surface area contributed by atoms with Crippen LogP contribution in [0, 0.1) is 5.92 Å². The van der Waals surface area contributed by atoms with Crippen LogP contribution in [0.25, 0.3) is 0 Å². The number of nitrogens with one attached hydrogen (secondary N) is 1. The van der Waals surface area contributed by atoms with Crippen LogP contribution in [0.15, 0.2) is 24.3 Å². The fraction of sp³-hybridized carbons (Fsp3) is 0.632. The molecular weight excluding hydrogens is 272 g/mol. The molecule has 0 saturated carbocycles. The smallest absolute Gasteiger partial charge is 0.224 e. The van der Waals surface area contributed by atoms with Crippen molar-refractivity contribution in [2.75, 3.05) is 18.4 Å². The van der Waals surface area contributed by atoms with Gasteiger partial charge in [0.05, 0.1) is 0 Å². The van der Waals surface area contributed by atoms with Crippen LogP contribution in [0.4, 0.5) is 5.69 Å². The largest absolute Gasteiger partial charge is 0.326 e. The Morgan fingerprint density at radius 2 is 2.05 bits per heavy atom. The lowest BCUT2D eigenvalue weighted by Gasteiger charge is -2.26. The Hall–Kier alpha value is -1.35. The summed E-state index contributed by atoms with van der Waals surface area (Å²) in [6, 6.07) is 8.31. The minimum atomic E-state index is 0.135. The Balaban J connectivity index is 1.86. The third-order valence-electron chi connectivity index (χ3n) is 4.38. The number of carbonyl (C=O) groups is 1. The molecule has 1 aliphatic rings. The molecule has 1 amide bonds. The summed E-state index contributed by atoms with van der Waals surface area (Å²) >= 11 is 0. The van der Waals surface area contributed by atoms with Gasteiger partial charge in [-0.05, 0) is 49.5 Å². The summed E-state index contributed by atoms with van der Waals surface area (Å²) < 4.78 is 0. The molecule has 1 unspecified atom stereocenters. The molecule has 0 radical (unpaired) electrons. The van der Waals surface area contributed by atoms with Gasteiger partial charge in [0.1, 0.15) is 0 Å². The number of amides is 1. The van der Waals surface area contributed by atoms with Crippen LogP contribution in [0.2, 0.25) is 0 Å². The summed E-state index contributed by atoms with van der Waals surface area (Å²) in [4.78, 5) is 14.6. The number of nitrogens with zero attached hydrogens (tertiary/aromatic N) is 1. The SMILES string of the molecule is CCCC(C)CC(=O)Nc1cccc(CN2CCCCC2)c1. The van der Waals surface area contributed by atoms with Gasteiger partial charge in [0.15, 0.2) is 0 Å². The van der Waals surface area contributed by atoms with Gasteiger partial charge in [-0.15, -0.1) is 0 Å². The lowest BCUT2D eigenvalue weighted by molar-refractivity contribution is -0.117. The maximum Gasteiger partial charge on any atom is 0.224 e. The molecule has 1 aromatic carbocycles. The first-order valence-electron chi connectivity index (χ1n) is 8.78. The number of piperidine rings is 1. The molecule has 1 aromatic rings. The van der Waals surface area contributed by atoms with Gasteiger partial charge in [-0.1, -0.05) is 45.2 Å². The first-order chi connectivity index (χ1) is 10.7. The minimum absolute atomic E-state index is 0.135. The second-order valence-corrected chi connectivity index (χ2v) is 6.68. The average Bonchev–Trinajstić information content (AvgIpc) is 2.48. The van der Waals surface area contributed by atoms with Gasteiger partial charge in [-0.3, -0.25) is 9.69 Å². The van der Waals surface area contributed by atoms with Gasteiger partial charge in [-0.25, -0.2) is 0 Å². The predicted octanol–water partition coefficient (Wildman–Crippen LogP) is 4.44. The zero-order chi connectivity index (χ0) is 15.8. The number of likely N-dealkylation sites (tertiary alicyclic amines) is 1. The predicted molar refractivity (Wildman–Crippen MR) is 92.9 cm³/mol. The second kappa shape index (κ2) is 8.94. The van der Waals surface area contributed by atoms with E-state index in [2.05, 4.69) is 36.2 Å².